The summed E-state index contributed by atoms with van der Waals surface area (Å²) in [5.41, 5.74) is 2.50. The number of rotatable bonds is 7. The minimum atomic E-state index is -4.11. The summed E-state index contributed by atoms with van der Waals surface area (Å²) in [5.74, 6) is -0.508. The van der Waals surface area contributed by atoms with Crippen molar-refractivity contribution in [3.05, 3.63) is 71.8 Å². The van der Waals surface area contributed by atoms with E-state index in [1.807, 2.05) is 0 Å². The van der Waals surface area contributed by atoms with Gasteiger partial charge in [0.15, 0.2) is 22.5 Å². The van der Waals surface area contributed by atoms with Gasteiger partial charge >= 0.3 is 10.1 Å². The van der Waals surface area contributed by atoms with E-state index in [2.05, 4.69) is 16.7 Å². The van der Waals surface area contributed by atoms with E-state index in [0.717, 1.165) is 11.8 Å². The van der Waals surface area contributed by atoms with Crippen LogP contribution in [0.2, 0.25) is 0 Å². The van der Waals surface area contributed by atoms with Gasteiger partial charge in [-0.05, 0) is 54.1 Å². The molecule has 1 amide bonds. The van der Waals surface area contributed by atoms with E-state index in [-0.39, 0.29) is 34.2 Å². The number of hydrogen-bond donors (Lipinski definition) is 1. The molecule has 0 radical (unpaired) electrons. The van der Waals surface area contributed by atoms with Crippen LogP contribution in [-0.2, 0) is 21.3 Å². The number of thioether (sulfide) groups is 1. The van der Waals surface area contributed by atoms with Crippen molar-refractivity contribution in [3.63, 3.8) is 0 Å². The fourth-order valence-corrected chi connectivity index (χ4v) is 4.77. The second-order valence-electron chi connectivity index (χ2n) is 6.81. The van der Waals surface area contributed by atoms with E-state index in [9.17, 15) is 13.2 Å². The number of amidine groups is 2. The highest BCUT2D eigenvalue weighted by atomic mass is 32.2. The van der Waals surface area contributed by atoms with Crippen LogP contribution in [0.3, 0.4) is 0 Å². The summed E-state index contributed by atoms with van der Waals surface area (Å²) in [4.78, 5) is 16.4. The Labute approximate surface area is 194 Å². The molecule has 0 spiro atoms. The number of carbonyl (C=O) groups excluding carboxylic acids is 1. The van der Waals surface area contributed by atoms with Crippen LogP contribution in [0.1, 0.15) is 11.1 Å². The van der Waals surface area contributed by atoms with Gasteiger partial charge in [-0.3, -0.25) is 10.2 Å². The molecule has 2 aromatic carbocycles. The highest BCUT2D eigenvalue weighted by Crippen LogP contribution is 2.37. The van der Waals surface area contributed by atoms with E-state index >= 15 is 0 Å². The van der Waals surface area contributed by atoms with Crippen molar-refractivity contribution >= 4 is 50.4 Å². The minimum Gasteiger partial charge on any atom is -0.493 e. The molecule has 168 valence electrons. The summed E-state index contributed by atoms with van der Waals surface area (Å²) < 4.78 is 36.5. The lowest BCUT2D eigenvalue weighted by atomic mass is 10.0. The van der Waals surface area contributed by atoms with Crippen molar-refractivity contribution in [2.45, 2.75) is 11.3 Å². The molecule has 0 bridgehead atoms. The zero-order valence-electron chi connectivity index (χ0n) is 17.4. The number of ether oxygens (including phenoxy) is 1. The SMILES string of the molecule is C=CCc1cc(/C=C2/C(=N)N3N=CSC3=NC2=O)cc(OC)c1OS(=O)(=O)c1ccccc1. The summed E-state index contributed by atoms with van der Waals surface area (Å²) >= 11 is 1.15. The first-order chi connectivity index (χ1) is 15.8. The number of carbonyl (C=O) groups is 1. The number of methoxy groups -OCH3 is 1. The van der Waals surface area contributed by atoms with Crippen molar-refractivity contribution < 1.29 is 22.1 Å². The Morgan fingerprint density at radius 2 is 2.00 bits per heavy atom. The van der Waals surface area contributed by atoms with Gasteiger partial charge in [-0.15, -0.1) is 6.58 Å². The van der Waals surface area contributed by atoms with Gasteiger partial charge in [0.25, 0.3) is 5.91 Å². The van der Waals surface area contributed by atoms with Crippen LogP contribution >= 0.6 is 11.8 Å². The van der Waals surface area contributed by atoms with Crippen LogP contribution in [0.4, 0.5) is 0 Å². The Morgan fingerprint density at radius 1 is 1.24 bits per heavy atom. The van der Waals surface area contributed by atoms with Crippen LogP contribution in [-0.4, -0.2) is 43.0 Å². The Morgan fingerprint density at radius 3 is 2.70 bits per heavy atom. The van der Waals surface area contributed by atoms with Gasteiger partial charge in [-0.25, -0.2) is 0 Å². The molecule has 0 aromatic heterocycles. The van der Waals surface area contributed by atoms with Crippen molar-refractivity contribution in [2.24, 2.45) is 10.1 Å². The number of allylic oxidation sites excluding steroid dienone is 1. The molecule has 2 aromatic rings. The summed E-state index contributed by atoms with van der Waals surface area (Å²) in [6, 6.07) is 10.9. The Hall–Kier alpha value is -3.70. The zero-order chi connectivity index (χ0) is 23.6. The molecule has 33 heavy (non-hydrogen) atoms. The van der Waals surface area contributed by atoms with Crippen LogP contribution in [0.5, 0.6) is 11.5 Å². The fraction of sp³-hybridized carbons (Fsp3) is 0.0909. The zero-order valence-corrected chi connectivity index (χ0v) is 19.0. The standard InChI is InChI=1S/C22H18N4O5S2/c1-3-7-15-10-14(11-17-20(23)26-22(25-21(17)27)32-13-24-26)12-18(30-2)19(15)31-33(28,29)16-8-5-4-6-9-16/h3-6,8-13,23H,1,7H2,2H3/b17-11-,23-20?. The maximum absolute atomic E-state index is 12.8. The predicted octanol–water partition coefficient (Wildman–Crippen LogP) is 3.44. The lowest BCUT2D eigenvalue weighted by molar-refractivity contribution is -0.114. The fourth-order valence-electron chi connectivity index (χ4n) is 3.17. The molecule has 1 N–H and O–H groups in total. The molecule has 0 unspecified atom stereocenters. The Kier molecular flexibility index (Phi) is 6.16. The summed E-state index contributed by atoms with van der Waals surface area (Å²) in [6.45, 7) is 3.72. The highest BCUT2D eigenvalue weighted by Gasteiger charge is 2.32. The minimum absolute atomic E-state index is 0.00162. The van der Waals surface area contributed by atoms with E-state index < -0.39 is 16.0 Å². The third-order valence-electron chi connectivity index (χ3n) is 4.67. The maximum atomic E-state index is 12.8. The van der Waals surface area contributed by atoms with Gasteiger partial charge in [0.05, 0.1) is 18.2 Å². The van der Waals surface area contributed by atoms with Gasteiger partial charge in [-0.2, -0.15) is 23.5 Å². The Bertz CT molecular complexity index is 1350. The molecule has 0 atom stereocenters. The average Bonchev–Trinajstić information content (AvgIpc) is 3.27. The quantitative estimate of drug-likeness (QED) is 0.364. The molecule has 0 aliphatic carbocycles. The molecule has 2 aliphatic rings. The highest BCUT2D eigenvalue weighted by molar-refractivity contribution is 8.25. The molecular weight excluding hydrogens is 464 g/mol. The molecule has 4 rings (SSSR count). The molecule has 0 saturated carbocycles. The second kappa shape index (κ2) is 9.04. The number of hydrogen-bond acceptors (Lipinski definition) is 8. The molecule has 2 heterocycles. The molecule has 0 fully saturated rings. The lowest BCUT2D eigenvalue weighted by Gasteiger charge is -2.20. The first-order valence-corrected chi connectivity index (χ1v) is 11.9. The van der Waals surface area contributed by atoms with Crippen molar-refractivity contribution in [1.29, 1.82) is 5.41 Å². The van der Waals surface area contributed by atoms with Gasteiger partial charge < -0.3 is 8.92 Å². The number of aliphatic imine (C=N–C) groups is 1. The van der Waals surface area contributed by atoms with E-state index in [4.69, 9.17) is 14.3 Å². The number of nitrogens with zero attached hydrogens (tertiary/aromatic N) is 3. The van der Waals surface area contributed by atoms with Crippen molar-refractivity contribution in [1.82, 2.24) is 5.01 Å². The summed E-state index contributed by atoms with van der Waals surface area (Å²) in [5, 5.41) is 13.9. The average molecular weight is 483 g/mol. The normalized spacial score (nSPS) is 16.6. The molecule has 0 saturated heterocycles. The predicted molar refractivity (Wildman–Crippen MR) is 127 cm³/mol. The first-order valence-electron chi connectivity index (χ1n) is 9.58. The number of hydrazone groups is 1. The largest absolute Gasteiger partial charge is 0.493 e. The smallest absolute Gasteiger partial charge is 0.339 e. The topological polar surface area (TPSA) is 121 Å². The number of amides is 1. The van der Waals surface area contributed by atoms with Crippen LogP contribution in [0, 0.1) is 5.41 Å². The molecule has 11 heteroatoms. The van der Waals surface area contributed by atoms with Gasteiger partial charge in [0.1, 0.15) is 4.90 Å². The molecule has 2 aliphatic heterocycles. The van der Waals surface area contributed by atoms with E-state index in [1.54, 1.807) is 30.3 Å². The Balaban J connectivity index is 1.77. The van der Waals surface area contributed by atoms with Crippen molar-refractivity contribution in [2.75, 3.05) is 7.11 Å². The number of fused-ring (bicyclic) bond motifs is 1. The molecule has 9 nitrogen and oxygen atoms in total. The third-order valence-corrected chi connectivity index (χ3v) is 6.58. The summed E-state index contributed by atoms with van der Waals surface area (Å²) in [7, 11) is -2.73. The lowest BCUT2D eigenvalue weighted by Crippen LogP contribution is -2.35. The molecular formula is C22H18N4O5S2. The third kappa shape index (κ3) is 4.45. The van der Waals surface area contributed by atoms with E-state index in [1.165, 1.54) is 41.9 Å². The monoisotopic (exact) mass is 482 g/mol. The van der Waals surface area contributed by atoms with Crippen LogP contribution in [0.15, 0.2) is 75.7 Å². The van der Waals surface area contributed by atoms with Crippen LogP contribution in [0.25, 0.3) is 6.08 Å². The van der Waals surface area contributed by atoms with Crippen molar-refractivity contribution in [3.8, 4) is 11.5 Å². The van der Waals surface area contributed by atoms with Gasteiger partial charge in [0.2, 0.25) is 0 Å². The van der Waals surface area contributed by atoms with Gasteiger partial charge in [0, 0.05) is 5.56 Å². The number of nitrogens with one attached hydrogen (secondary N) is 1. The second-order valence-corrected chi connectivity index (χ2v) is 9.17. The summed E-state index contributed by atoms with van der Waals surface area (Å²) in [6.07, 6.45) is 3.34. The maximum Gasteiger partial charge on any atom is 0.339 e. The van der Waals surface area contributed by atoms with E-state index in [0.29, 0.717) is 16.3 Å². The van der Waals surface area contributed by atoms with Gasteiger partial charge in [-0.1, -0.05) is 24.3 Å². The number of benzene rings is 2. The first kappa shape index (κ1) is 22.5. The van der Waals surface area contributed by atoms with Crippen LogP contribution < -0.4 is 8.92 Å².